The van der Waals surface area contributed by atoms with Crippen LogP contribution in [0.5, 0.6) is 0 Å². The van der Waals surface area contributed by atoms with Gasteiger partial charge >= 0.3 is 0 Å². The van der Waals surface area contributed by atoms with Gasteiger partial charge in [-0.25, -0.2) is 0 Å². The molecule has 1 nitrogen and oxygen atoms in total. The maximum atomic E-state index is 5.92. The monoisotopic (exact) mass is 257 g/mol. The van der Waals surface area contributed by atoms with E-state index in [2.05, 4.69) is 38.1 Å². The highest BCUT2D eigenvalue weighted by Gasteiger charge is 2.42. The van der Waals surface area contributed by atoms with Crippen molar-refractivity contribution in [1.29, 1.82) is 0 Å². The second kappa shape index (κ2) is 4.63. The van der Waals surface area contributed by atoms with Crippen LogP contribution in [0.15, 0.2) is 24.3 Å². The zero-order chi connectivity index (χ0) is 13.5. The van der Waals surface area contributed by atoms with Crippen LogP contribution in [-0.4, -0.2) is 6.54 Å². The lowest BCUT2D eigenvalue weighted by atomic mass is 9.70. The Bertz CT molecular complexity index is 439. The van der Waals surface area contributed by atoms with Crippen LogP contribution in [0.4, 0.5) is 0 Å². The molecular formula is C18H27N. The Labute approximate surface area is 117 Å². The topological polar surface area (TPSA) is 26.0 Å². The average Bonchev–Trinajstić information content (AvgIpc) is 3.19. The fraction of sp³-hybridized carbons (Fsp3) is 0.667. The van der Waals surface area contributed by atoms with Crippen molar-refractivity contribution in [3.8, 4) is 0 Å². The largest absolute Gasteiger partial charge is 0.330 e. The third kappa shape index (κ3) is 2.58. The second-order valence-electron chi connectivity index (χ2n) is 7.56. The summed E-state index contributed by atoms with van der Waals surface area (Å²) in [5.74, 6) is 0.769. The van der Waals surface area contributed by atoms with Crippen molar-refractivity contribution in [2.24, 2.45) is 11.1 Å². The molecule has 1 unspecified atom stereocenters. The first-order chi connectivity index (χ1) is 9.05. The van der Waals surface area contributed by atoms with Crippen LogP contribution in [0.2, 0.25) is 0 Å². The summed E-state index contributed by atoms with van der Waals surface area (Å²) in [7, 11) is 0. The molecule has 2 aliphatic carbocycles. The molecular weight excluding hydrogens is 230 g/mol. The Morgan fingerprint density at radius 2 is 1.79 bits per heavy atom. The highest BCUT2D eigenvalue weighted by molar-refractivity contribution is 5.35. The first kappa shape index (κ1) is 13.2. The van der Waals surface area contributed by atoms with Crippen molar-refractivity contribution in [2.45, 2.75) is 63.7 Å². The molecule has 2 fully saturated rings. The van der Waals surface area contributed by atoms with Crippen LogP contribution in [0.25, 0.3) is 0 Å². The maximum Gasteiger partial charge on any atom is 0.00762 e. The Hall–Kier alpha value is -0.820. The minimum Gasteiger partial charge on any atom is -0.330 e. The lowest BCUT2D eigenvalue weighted by molar-refractivity contribution is 0.219. The summed E-state index contributed by atoms with van der Waals surface area (Å²) in [6.07, 6.45) is 8.03. The van der Waals surface area contributed by atoms with E-state index >= 15 is 0 Å². The van der Waals surface area contributed by atoms with E-state index < -0.39 is 0 Å². The standard InChI is InChI=1S/C18H27N/c1-17(2)9-3-4-15(12-17)14-5-7-16(8-6-14)18(13-19)10-11-18/h5-8,15H,3-4,9-13,19H2,1-2H3. The maximum absolute atomic E-state index is 5.92. The minimum atomic E-state index is 0.338. The quantitative estimate of drug-likeness (QED) is 0.855. The zero-order valence-electron chi connectivity index (χ0n) is 12.4. The van der Waals surface area contributed by atoms with Crippen molar-refractivity contribution in [1.82, 2.24) is 0 Å². The number of hydrogen-bond acceptors (Lipinski definition) is 1. The number of rotatable bonds is 3. The number of hydrogen-bond donors (Lipinski definition) is 1. The number of benzene rings is 1. The van der Waals surface area contributed by atoms with Gasteiger partial charge in [0.25, 0.3) is 0 Å². The molecule has 3 rings (SSSR count). The fourth-order valence-electron chi connectivity index (χ4n) is 3.85. The summed E-state index contributed by atoms with van der Waals surface area (Å²) >= 11 is 0. The zero-order valence-corrected chi connectivity index (χ0v) is 12.4. The van der Waals surface area contributed by atoms with E-state index in [0.29, 0.717) is 10.8 Å². The van der Waals surface area contributed by atoms with Gasteiger partial charge in [-0.1, -0.05) is 44.5 Å². The molecule has 104 valence electrons. The van der Waals surface area contributed by atoms with Crippen LogP contribution in [-0.2, 0) is 5.41 Å². The summed E-state index contributed by atoms with van der Waals surface area (Å²) in [4.78, 5) is 0. The Kier molecular flexibility index (Phi) is 3.21. The summed E-state index contributed by atoms with van der Waals surface area (Å²) in [6.45, 7) is 5.64. The molecule has 2 saturated carbocycles. The van der Waals surface area contributed by atoms with E-state index in [0.717, 1.165) is 12.5 Å². The van der Waals surface area contributed by atoms with Crippen LogP contribution in [0, 0.1) is 5.41 Å². The molecule has 0 aromatic heterocycles. The van der Waals surface area contributed by atoms with Gasteiger partial charge in [0.2, 0.25) is 0 Å². The van der Waals surface area contributed by atoms with Gasteiger partial charge in [0.15, 0.2) is 0 Å². The SMILES string of the molecule is CC1(C)CCCC(c2ccc(C3(CN)CC3)cc2)C1. The normalized spacial score (nSPS) is 28.1. The summed E-state index contributed by atoms with van der Waals surface area (Å²) in [6, 6.07) is 9.43. The van der Waals surface area contributed by atoms with Crippen LogP contribution in [0.1, 0.15) is 69.4 Å². The highest BCUT2D eigenvalue weighted by atomic mass is 14.7. The molecule has 0 radical (unpaired) electrons. The summed E-state index contributed by atoms with van der Waals surface area (Å²) < 4.78 is 0. The molecule has 1 aromatic rings. The molecule has 1 aromatic carbocycles. The molecule has 0 saturated heterocycles. The highest BCUT2D eigenvalue weighted by Crippen LogP contribution is 2.48. The third-order valence-corrected chi connectivity index (χ3v) is 5.44. The van der Waals surface area contributed by atoms with Crippen molar-refractivity contribution in [2.75, 3.05) is 6.54 Å². The van der Waals surface area contributed by atoms with E-state index in [1.807, 2.05) is 0 Å². The molecule has 0 spiro atoms. The van der Waals surface area contributed by atoms with E-state index in [4.69, 9.17) is 5.73 Å². The Morgan fingerprint density at radius 1 is 1.11 bits per heavy atom. The first-order valence-electron chi connectivity index (χ1n) is 7.85. The van der Waals surface area contributed by atoms with Gasteiger partial charge in [-0.3, -0.25) is 0 Å². The van der Waals surface area contributed by atoms with E-state index in [9.17, 15) is 0 Å². The average molecular weight is 257 g/mol. The smallest absolute Gasteiger partial charge is 0.00762 e. The first-order valence-corrected chi connectivity index (χ1v) is 7.85. The van der Waals surface area contributed by atoms with E-state index in [1.54, 1.807) is 5.56 Å². The van der Waals surface area contributed by atoms with Gasteiger partial charge in [0.05, 0.1) is 0 Å². The molecule has 0 bridgehead atoms. The van der Waals surface area contributed by atoms with Crippen LogP contribution >= 0.6 is 0 Å². The lowest BCUT2D eigenvalue weighted by Gasteiger charge is -2.35. The molecule has 0 amide bonds. The molecule has 19 heavy (non-hydrogen) atoms. The predicted octanol–water partition coefficient (Wildman–Crippen LogP) is 4.36. The van der Waals surface area contributed by atoms with Gasteiger partial charge in [-0.05, 0) is 54.6 Å². The van der Waals surface area contributed by atoms with Crippen LogP contribution in [0.3, 0.4) is 0 Å². The lowest BCUT2D eigenvalue weighted by Crippen LogP contribution is -2.22. The second-order valence-corrected chi connectivity index (χ2v) is 7.56. The molecule has 0 aliphatic heterocycles. The summed E-state index contributed by atoms with van der Waals surface area (Å²) in [5.41, 5.74) is 9.79. The van der Waals surface area contributed by atoms with Crippen molar-refractivity contribution < 1.29 is 0 Å². The number of nitrogens with two attached hydrogens (primary N) is 1. The van der Waals surface area contributed by atoms with Gasteiger partial charge < -0.3 is 5.73 Å². The third-order valence-electron chi connectivity index (χ3n) is 5.44. The Morgan fingerprint density at radius 3 is 2.32 bits per heavy atom. The van der Waals surface area contributed by atoms with Gasteiger partial charge in [-0.15, -0.1) is 0 Å². The predicted molar refractivity (Wildman–Crippen MR) is 81.4 cm³/mol. The molecule has 0 heterocycles. The van der Waals surface area contributed by atoms with Crippen molar-refractivity contribution in [3.63, 3.8) is 0 Å². The minimum absolute atomic E-state index is 0.338. The summed E-state index contributed by atoms with van der Waals surface area (Å²) in [5, 5.41) is 0. The molecule has 2 aliphatic rings. The van der Waals surface area contributed by atoms with Gasteiger partial charge in [0.1, 0.15) is 0 Å². The molecule has 1 atom stereocenters. The molecule has 1 heteroatoms. The Balaban J connectivity index is 1.76. The van der Waals surface area contributed by atoms with Crippen LogP contribution < -0.4 is 5.73 Å². The molecule has 2 N–H and O–H groups in total. The van der Waals surface area contributed by atoms with Crippen molar-refractivity contribution in [3.05, 3.63) is 35.4 Å². The fourth-order valence-corrected chi connectivity index (χ4v) is 3.85. The van der Waals surface area contributed by atoms with Crippen molar-refractivity contribution >= 4 is 0 Å². The van der Waals surface area contributed by atoms with E-state index in [-0.39, 0.29) is 0 Å². The van der Waals surface area contributed by atoms with Gasteiger partial charge in [0, 0.05) is 12.0 Å². The van der Waals surface area contributed by atoms with E-state index in [1.165, 1.54) is 44.1 Å². The van der Waals surface area contributed by atoms with Gasteiger partial charge in [-0.2, -0.15) is 0 Å².